The van der Waals surface area contributed by atoms with Crippen LogP contribution in [0.5, 0.6) is 0 Å². The van der Waals surface area contributed by atoms with Crippen LogP contribution in [0.3, 0.4) is 0 Å². The fourth-order valence-corrected chi connectivity index (χ4v) is 9.52. The summed E-state index contributed by atoms with van der Waals surface area (Å²) in [6.45, 7) is 11.0. The van der Waals surface area contributed by atoms with E-state index < -0.39 is 13.2 Å². The summed E-state index contributed by atoms with van der Waals surface area (Å²) in [5, 5.41) is 22.9. The maximum absolute atomic E-state index is 14.0. The SMILES string of the molecule is Cc1cc([P@](C)(=O)C2CCCCC2)ccc1-n1nc(-c2cccc3nn(C[C@H](O)c4ccccc4)cc23)c(C(C)C)c1C. The van der Waals surface area contributed by atoms with Gasteiger partial charge in [-0.3, -0.25) is 4.68 Å². The van der Waals surface area contributed by atoms with Crippen molar-refractivity contribution in [1.82, 2.24) is 19.6 Å². The molecule has 6 nitrogen and oxygen atoms in total. The maximum Gasteiger partial charge on any atom is 0.115 e. The molecular formula is C36H43N4O2P. The molecule has 3 aromatic carbocycles. The molecular weight excluding hydrogens is 551 g/mol. The van der Waals surface area contributed by atoms with Crippen LogP contribution in [0.25, 0.3) is 27.8 Å². The van der Waals surface area contributed by atoms with Gasteiger partial charge in [0, 0.05) is 39.4 Å². The Hall–Kier alpha value is -3.47. The van der Waals surface area contributed by atoms with E-state index in [1.165, 1.54) is 24.8 Å². The average Bonchev–Trinajstić information content (AvgIpc) is 3.58. The summed E-state index contributed by atoms with van der Waals surface area (Å²) >= 11 is 0. The van der Waals surface area contributed by atoms with Crippen molar-refractivity contribution in [3.63, 3.8) is 0 Å². The Labute approximate surface area is 255 Å². The molecule has 7 heteroatoms. The lowest BCUT2D eigenvalue weighted by Gasteiger charge is -2.28. The molecule has 43 heavy (non-hydrogen) atoms. The molecule has 5 aromatic rings. The molecule has 0 bridgehead atoms. The van der Waals surface area contributed by atoms with E-state index in [-0.39, 0.29) is 5.92 Å². The van der Waals surface area contributed by atoms with Gasteiger partial charge in [0.05, 0.1) is 29.5 Å². The molecule has 0 unspecified atom stereocenters. The van der Waals surface area contributed by atoms with Gasteiger partial charge in [-0.2, -0.15) is 10.2 Å². The van der Waals surface area contributed by atoms with Crippen LogP contribution in [-0.2, 0) is 11.1 Å². The molecule has 2 atom stereocenters. The Morgan fingerprint density at radius 1 is 0.953 bits per heavy atom. The van der Waals surface area contributed by atoms with Crippen LogP contribution >= 0.6 is 7.14 Å². The van der Waals surface area contributed by atoms with Gasteiger partial charge in [0.2, 0.25) is 0 Å². The third-order valence-corrected chi connectivity index (χ3v) is 12.5. The lowest BCUT2D eigenvalue weighted by Crippen LogP contribution is -2.20. The third-order valence-electron chi connectivity index (χ3n) is 9.33. The fourth-order valence-electron chi connectivity index (χ4n) is 6.93. The van der Waals surface area contributed by atoms with Gasteiger partial charge in [-0.05, 0) is 74.7 Å². The van der Waals surface area contributed by atoms with Crippen molar-refractivity contribution in [1.29, 1.82) is 0 Å². The van der Waals surface area contributed by atoms with Crippen molar-refractivity contribution in [3.05, 3.63) is 95.3 Å². The first-order chi connectivity index (χ1) is 20.6. The number of benzene rings is 3. The van der Waals surface area contributed by atoms with Gasteiger partial charge < -0.3 is 9.67 Å². The van der Waals surface area contributed by atoms with Crippen molar-refractivity contribution < 1.29 is 9.67 Å². The second-order valence-corrected chi connectivity index (χ2v) is 15.9. The molecule has 1 aliphatic rings. The largest absolute Gasteiger partial charge is 0.386 e. The molecule has 0 radical (unpaired) electrons. The number of hydrogen-bond acceptors (Lipinski definition) is 4. The molecule has 6 rings (SSSR count). The normalized spacial score (nSPS) is 16.5. The molecule has 2 heterocycles. The first-order valence-corrected chi connectivity index (χ1v) is 17.9. The highest BCUT2D eigenvalue weighted by atomic mass is 31.2. The average molecular weight is 595 g/mol. The number of aliphatic hydroxyl groups is 1. The smallest absolute Gasteiger partial charge is 0.115 e. The van der Waals surface area contributed by atoms with Crippen molar-refractivity contribution in [2.75, 3.05) is 6.66 Å². The van der Waals surface area contributed by atoms with Gasteiger partial charge in [0.15, 0.2) is 0 Å². The minimum Gasteiger partial charge on any atom is -0.386 e. The summed E-state index contributed by atoms with van der Waals surface area (Å²) in [6, 6.07) is 22.2. The first-order valence-electron chi connectivity index (χ1n) is 15.6. The standard InChI is InChI=1S/C36H43N4O2P/c1-24(2)35-26(4)40(33-20-19-29(21-25(33)3)43(5,42)28-15-10-7-11-16-28)38-36(35)30-17-12-18-32-31(30)22-39(37-32)23-34(41)27-13-8-6-9-14-27/h6,8-9,12-14,17-22,24,28,34,41H,7,10-11,15-16,23H2,1-5H3/t34-,43+/m0/s1. The van der Waals surface area contributed by atoms with Gasteiger partial charge in [-0.15, -0.1) is 0 Å². The predicted molar refractivity (Wildman–Crippen MR) is 177 cm³/mol. The molecule has 1 saturated carbocycles. The van der Waals surface area contributed by atoms with Crippen LogP contribution in [-0.4, -0.2) is 37.0 Å². The second kappa shape index (κ2) is 11.9. The van der Waals surface area contributed by atoms with Gasteiger partial charge in [-0.1, -0.05) is 75.6 Å². The second-order valence-electron chi connectivity index (χ2n) is 12.7. The molecule has 1 N–H and O–H groups in total. The summed E-state index contributed by atoms with van der Waals surface area (Å²) in [6.07, 6.45) is 7.16. The van der Waals surface area contributed by atoms with E-state index in [0.717, 1.165) is 62.8 Å². The molecule has 0 spiro atoms. The molecule has 0 aliphatic heterocycles. The Morgan fingerprint density at radius 2 is 1.70 bits per heavy atom. The monoisotopic (exact) mass is 594 g/mol. The fraction of sp³-hybridized carbons (Fsp3) is 0.389. The Balaban J connectivity index is 1.38. The molecule has 2 aromatic heterocycles. The molecule has 0 saturated heterocycles. The van der Waals surface area contributed by atoms with Crippen LogP contribution < -0.4 is 5.30 Å². The Morgan fingerprint density at radius 3 is 2.40 bits per heavy atom. The number of fused-ring (bicyclic) bond motifs is 1. The minimum atomic E-state index is -2.45. The first kappa shape index (κ1) is 29.6. The van der Waals surface area contributed by atoms with Crippen LogP contribution in [0.1, 0.15) is 80.4 Å². The Kier molecular flexibility index (Phi) is 8.19. The van der Waals surface area contributed by atoms with Gasteiger partial charge in [0.1, 0.15) is 7.14 Å². The van der Waals surface area contributed by atoms with E-state index in [9.17, 15) is 9.67 Å². The molecule has 1 aliphatic carbocycles. The van der Waals surface area contributed by atoms with Crippen molar-refractivity contribution in [3.8, 4) is 16.9 Å². The minimum absolute atomic E-state index is 0.260. The number of aryl methyl sites for hydroxylation is 1. The highest BCUT2D eigenvalue weighted by molar-refractivity contribution is 7.71. The zero-order chi connectivity index (χ0) is 30.3. The topological polar surface area (TPSA) is 72.9 Å². The van der Waals surface area contributed by atoms with Crippen LogP contribution in [0.2, 0.25) is 0 Å². The molecule has 1 fully saturated rings. The summed E-state index contributed by atoms with van der Waals surface area (Å²) in [4.78, 5) is 0. The maximum atomic E-state index is 14.0. The van der Waals surface area contributed by atoms with Crippen molar-refractivity contribution in [2.24, 2.45) is 0 Å². The molecule has 224 valence electrons. The Bertz CT molecular complexity index is 1800. The zero-order valence-corrected chi connectivity index (χ0v) is 26.9. The van der Waals surface area contributed by atoms with Gasteiger partial charge in [-0.25, -0.2) is 4.68 Å². The zero-order valence-electron chi connectivity index (χ0n) is 26.0. The highest BCUT2D eigenvalue weighted by Crippen LogP contribution is 2.51. The van der Waals surface area contributed by atoms with E-state index in [2.05, 4.69) is 56.6 Å². The van der Waals surface area contributed by atoms with Crippen molar-refractivity contribution >= 4 is 23.3 Å². The number of aliphatic hydroxyl groups excluding tert-OH is 1. The van der Waals surface area contributed by atoms with E-state index in [0.29, 0.717) is 12.2 Å². The number of aromatic nitrogens is 4. The van der Waals surface area contributed by atoms with Gasteiger partial charge >= 0.3 is 0 Å². The number of hydrogen-bond donors (Lipinski definition) is 1. The highest BCUT2D eigenvalue weighted by Gasteiger charge is 2.32. The van der Waals surface area contributed by atoms with Crippen LogP contribution in [0, 0.1) is 13.8 Å². The van der Waals surface area contributed by atoms with Crippen LogP contribution in [0.4, 0.5) is 0 Å². The summed E-state index contributed by atoms with van der Waals surface area (Å²) in [7, 11) is -2.45. The van der Waals surface area contributed by atoms with Crippen molar-refractivity contribution in [2.45, 2.75) is 84.0 Å². The van der Waals surface area contributed by atoms with Crippen LogP contribution in [0.15, 0.2) is 72.9 Å². The van der Waals surface area contributed by atoms with E-state index >= 15 is 0 Å². The lowest BCUT2D eigenvalue weighted by molar-refractivity contribution is 0.152. The van der Waals surface area contributed by atoms with Gasteiger partial charge in [0.25, 0.3) is 0 Å². The van der Waals surface area contributed by atoms with E-state index in [4.69, 9.17) is 10.2 Å². The number of nitrogens with zero attached hydrogens (tertiary/aromatic N) is 4. The predicted octanol–water partition coefficient (Wildman–Crippen LogP) is 8.31. The van der Waals surface area contributed by atoms with E-state index in [1.54, 1.807) is 0 Å². The summed E-state index contributed by atoms with van der Waals surface area (Å²) in [5.74, 6) is 0.260. The summed E-state index contributed by atoms with van der Waals surface area (Å²) in [5.41, 5.74) is 8.46. The molecule has 0 amide bonds. The quantitative estimate of drug-likeness (QED) is 0.183. The number of rotatable bonds is 8. The summed E-state index contributed by atoms with van der Waals surface area (Å²) < 4.78 is 17.9. The lowest BCUT2D eigenvalue weighted by atomic mass is 9.95. The van der Waals surface area contributed by atoms with E-state index in [1.807, 2.05) is 60.0 Å². The third kappa shape index (κ3) is 5.63.